The molecule has 0 aliphatic carbocycles. The average molecular weight is 285 g/mol. The molecule has 1 aromatic carbocycles. The van der Waals surface area contributed by atoms with Crippen molar-refractivity contribution >= 4 is 0 Å². The van der Waals surface area contributed by atoms with Gasteiger partial charge in [0.2, 0.25) is 5.89 Å². The van der Waals surface area contributed by atoms with Crippen molar-refractivity contribution in [2.24, 2.45) is 0 Å². The summed E-state index contributed by atoms with van der Waals surface area (Å²) in [5, 5.41) is 3.46. The SMILES string of the molecule is CN(Cc1coc(-c2ccccc2)n1)C1CCCNCC1. The summed E-state index contributed by atoms with van der Waals surface area (Å²) >= 11 is 0. The summed E-state index contributed by atoms with van der Waals surface area (Å²) in [5.74, 6) is 0.710. The van der Waals surface area contributed by atoms with Crippen LogP contribution in [-0.2, 0) is 6.54 Å². The smallest absolute Gasteiger partial charge is 0.226 e. The van der Waals surface area contributed by atoms with Gasteiger partial charge in [0.15, 0.2) is 0 Å². The maximum Gasteiger partial charge on any atom is 0.226 e. The van der Waals surface area contributed by atoms with Gasteiger partial charge < -0.3 is 9.73 Å². The van der Waals surface area contributed by atoms with E-state index in [9.17, 15) is 0 Å². The zero-order valence-electron chi connectivity index (χ0n) is 12.6. The lowest BCUT2D eigenvalue weighted by Crippen LogP contribution is -2.32. The molecule has 0 radical (unpaired) electrons. The lowest BCUT2D eigenvalue weighted by atomic mass is 10.1. The molecule has 1 fully saturated rings. The fraction of sp³-hybridized carbons (Fsp3) is 0.471. The summed E-state index contributed by atoms with van der Waals surface area (Å²) in [5.41, 5.74) is 2.04. The summed E-state index contributed by atoms with van der Waals surface area (Å²) in [4.78, 5) is 7.02. The molecule has 1 N–H and O–H groups in total. The second-order valence-corrected chi connectivity index (χ2v) is 5.76. The Morgan fingerprint density at radius 1 is 1.24 bits per heavy atom. The Morgan fingerprint density at radius 3 is 2.95 bits per heavy atom. The zero-order valence-corrected chi connectivity index (χ0v) is 12.6. The molecule has 2 aromatic rings. The van der Waals surface area contributed by atoms with E-state index in [4.69, 9.17) is 4.42 Å². The highest BCUT2D eigenvalue weighted by atomic mass is 16.3. The van der Waals surface area contributed by atoms with Gasteiger partial charge in [0, 0.05) is 18.2 Å². The Morgan fingerprint density at radius 2 is 2.10 bits per heavy atom. The Labute approximate surface area is 126 Å². The zero-order chi connectivity index (χ0) is 14.5. The molecule has 1 aliphatic rings. The molecule has 0 spiro atoms. The van der Waals surface area contributed by atoms with Gasteiger partial charge in [-0.15, -0.1) is 0 Å². The Bertz CT molecular complexity index is 544. The van der Waals surface area contributed by atoms with Gasteiger partial charge in [-0.05, 0) is 51.5 Å². The fourth-order valence-electron chi connectivity index (χ4n) is 2.92. The number of nitrogens with zero attached hydrogens (tertiary/aromatic N) is 2. The third-order valence-electron chi connectivity index (χ3n) is 4.15. The number of oxazole rings is 1. The van der Waals surface area contributed by atoms with Crippen LogP contribution in [0.5, 0.6) is 0 Å². The summed E-state index contributed by atoms with van der Waals surface area (Å²) in [6.45, 7) is 3.11. The van der Waals surface area contributed by atoms with Gasteiger partial charge in [0.05, 0.1) is 5.69 Å². The molecule has 3 rings (SSSR count). The third-order valence-corrected chi connectivity index (χ3v) is 4.15. The highest BCUT2D eigenvalue weighted by Gasteiger charge is 2.18. The first-order valence-corrected chi connectivity index (χ1v) is 7.74. The van der Waals surface area contributed by atoms with Gasteiger partial charge in [0.25, 0.3) is 0 Å². The van der Waals surface area contributed by atoms with Crippen molar-refractivity contribution in [1.29, 1.82) is 0 Å². The Hall–Kier alpha value is -1.65. The van der Waals surface area contributed by atoms with Gasteiger partial charge in [-0.25, -0.2) is 4.98 Å². The highest BCUT2D eigenvalue weighted by molar-refractivity contribution is 5.52. The van der Waals surface area contributed by atoms with Crippen molar-refractivity contribution in [2.45, 2.75) is 31.8 Å². The van der Waals surface area contributed by atoms with Crippen molar-refractivity contribution in [3.05, 3.63) is 42.3 Å². The number of hydrogen-bond donors (Lipinski definition) is 1. The van der Waals surface area contributed by atoms with Crippen LogP contribution in [0.4, 0.5) is 0 Å². The minimum Gasteiger partial charge on any atom is -0.444 e. The molecule has 2 heterocycles. The van der Waals surface area contributed by atoms with Crippen molar-refractivity contribution in [3.8, 4) is 11.5 Å². The normalized spacial score (nSPS) is 19.6. The molecule has 1 saturated heterocycles. The molecule has 4 nitrogen and oxygen atoms in total. The van der Waals surface area contributed by atoms with E-state index in [0.29, 0.717) is 11.9 Å². The standard InChI is InChI=1S/C17H23N3O/c1-20(16-8-5-10-18-11-9-16)12-15-13-21-17(19-15)14-6-3-2-4-7-14/h2-4,6-7,13,16,18H,5,8-12H2,1H3. The van der Waals surface area contributed by atoms with Crippen molar-refractivity contribution < 1.29 is 4.42 Å². The molecule has 1 unspecified atom stereocenters. The molecule has 21 heavy (non-hydrogen) atoms. The van der Waals surface area contributed by atoms with Crippen molar-refractivity contribution in [1.82, 2.24) is 15.2 Å². The van der Waals surface area contributed by atoms with Crippen LogP contribution in [-0.4, -0.2) is 36.1 Å². The average Bonchev–Trinajstić information content (AvgIpc) is 2.81. The van der Waals surface area contributed by atoms with E-state index < -0.39 is 0 Å². The minimum atomic E-state index is 0.636. The van der Waals surface area contributed by atoms with Crippen LogP contribution in [0.25, 0.3) is 11.5 Å². The van der Waals surface area contributed by atoms with Crippen LogP contribution in [0.2, 0.25) is 0 Å². The molecule has 0 bridgehead atoms. The number of aromatic nitrogens is 1. The predicted octanol–water partition coefficient (Wildman–Crippen LogP) is 2.92. The molecular formula is C17H23N3O. The van der Waals surface area contributed by atoms with Crippen LogP contribution < -0.4 is 5.32 Å². The molecule has 1 aliphatic heterocycles. The first-order valence-electron chi connectivity index (χ1n) is 7.74. The van der Waals surface area contributed by atoms with E-state index in [-0.39, 0.29) is 0 Å². The van der Waals surface area contributed by atoms with Gasteiger partial charge in [-0.3, -0.25) is 4.90 Å². The maximum atomic E-state index is 5.61. The quantitative estimate of drug-likeness (QED) is 0.938. The van der Waals surface area contributed by atoms with Crippen LogP contribution in [0.1, 0.15) is 25.0 Å². The summed E-state index contributed by atoms with van der Waals surface area (Å²) in [7, 11) is 2.19. The molecule has 4 heteroatoms. The minimum absolute atomic E-state index is 0.636. The van der Waals surface area contributed by atoms with Gasteiger partial charge in [-0.2, -0.15) is 0 Å². The Balaban J connectivity index is 1.64. The van der Waals surface area contributed by atoms with Gasteiger partial charge in [-0.1, -0.05) is 18.2 Å². The number of benzene rings is 1. The van der Waals surface area contributed by atoms with Crippen molar-refractivity contribution in [3.63, 3.8) is 0 Å². The van der Waals surface area contributed by atoms with Gasteiger partial charge in [0.1, 0.15) is 6.26 Å². The lowest BCUT2D eigenvalue weighted by Gasteiger charge is -2.25. The number of nitrogens with one attached hydrogen (secondary N) is 1. The maximum absolute atomic E-state index is 5.61. The summed E-state index contributed by atoms with van der Waals surface area (Å²) < 4.78 is 5.61. The molecule has 0 amide bonds. The summed E-state index contributed by atoms with van der Waals surface area (Å²) in [6.07, 6.45) is 5.50. The first-order chi connectivity index (χ1) is 10.3. The van der Waals surface area contributed by atoms with E-state index in [0.717, 1.165) is 30.9 Å². The van der Waals surface area contributed by atoms with E-state index in [2.05, 4.69) is 22.2 Å². The molecule has 112 valence electrons. The fourth-order valence-corrected chi connectivity index (χ4v) is 2.92. The first kappa shape index (κ1) is 14.3. The molecular weight excluding hydrogens is 262 g/mol. The van der Waals surface area contributed by atoms with E-state index in [1.165, 1.54) is 19.3 Å². The largest absolute Gasteiger partial charge is 0.444 e. The predicted molar refractivity (Wildman–Crippen MR) is 83.9 cm³/mol. The second-order valence-electron chi connectivity index (χ2n) is 5.76. The molecule has 1 aromatic heterocycles. The number of hydrogen-bond acceptors (Lipinski definition) is 4. The molecule has 0 saturated carbocycles. The van der Waals surface area contributed by atoms with Crippen LogP contribution in [0, 0.1) is 0 Å². The molecule has 1 atom stereocenters. The van der Waals surface area contributed by atoms with E-state index >= 15 is 0 Å². The Kier molecular flexibility index (Phi) is 4.68. The van der Waals surface area contributed by atoms with Crippen LogP contribution >= 0.6 is 0 Å². The van der Waals surface area contributed by atoms with Crippen LogP contribution in [0.3, 0.4) is 0 Å². The van der Waals surface area contributed by atoms with Crippen molar-refractivity contribution in [2.75, 3.05) is 20.1 Å². The number of rotatable bonds is 4. The highest BCUT2D eigenvalue weighted by Crippen LogP contribution is 2.20. The topological polar surface area (TPSA) is 41.3 Å². The van der Waals surface area contributed by atoms with E-state index in [1.54, 1.807) is 6.26 Å². The monoisotopic (exact) mass is 285 g/mol. The van der Waals surface area contributed by atoms with E-state index in [1.807, 2.05) is 30.3 Å². The lowest BCUT2D eigenvalue weighted by molar-refractivity contribution is 0.214. The van der Waals surface area contributed by atoms with Gasteiger partial charge >= 0.3 is 0 Å². The third kappa shape index (κ3) is 3.71. The second kappa shape index (κ2) is 6.87. The summed E-state index contributed by atoms with van der Waals surface area (Å²) in [6, 6.07) is 10.7. The van der Waals surface area contributed by atoms with Crippen LogP contribution in [0.15, 0.2) is 41.0 Å².